The maximum Gasteiger partial charge on any atom is 0.154 e. The van der Waals surface area contributed by atoms with E-state index in [-0.39, 0.29) is 6.10 Å². The Morgan fingerprint density at radius 2 is 2.11 bits per heavy atom. The summed E-state index contributed by atoms with van der Waals surface area (Å²) in [6.07, 6.45) is 0.932. The lowest BCUT2D eigenvalue weighted by molar-refractivity contribution is 0.238. The zero-order valence-corrected chi connectivity index (χ0v) is 11.0. The Labute approximate surface area is 114 Å². The first kappa shape index (κ1) is 10.8. The minimum Gasteiger partial charge on any atom is -0.483 e. The molecule has 1 atom stereocenters. The molecule has 0 bridgehead atoms. The van der Waals surface area contributed by atoms with E-state index in [0.29, 0.717) is 0 Å². The predicted molar refractivity (Wildman–Crippen MR) is 77.5 cm³/mol. The molecule has 4 rings (SSSR count). The zero-order valence-electron chi connectivity index (χ0n) is 10.2. The summed E-state index contributed by atoms with van der Waals surface area (Å²) in [6, 6.07) is 14.0. The highest BCUT2D eigenvalue weighted by Crippen LogP contribution is 2.39. The van der Waals surface area contributed by atoms with Crippen molar-refractivity contribution in [1.82, 2.24) is 4.98 Å². The maximum absolute atomic E-state index is 5.97. The van der Waals surface area contributed by atoms with E-state index in [2.05, 4.69) is 11.1 Å². The number of nitrogens with zero attached hydrogens (tertiary/aromatic N) is 1. The van der Waals surface area contributed by atoms with Crippen molar-refractivity contribution in [2.45, 2.75) is 12.5 Å². The number of hydrogen-bond acceptors (Lipinski definition) is 4. The van der Waals surface area contributed by atoms with Crippen LogP contribution in [0.4, 0.5) is 5.69 Å². The second kappa shape index (κ2) is 3.96. The number of para-hydroxylation sites is 1. The van der Waals surface area contributed by atoms with Gasteiger partial charge in [0.2, 0.25) is 0 Å². The van der Waals surface area contributed by atoms with Crippen LogP contribution in [0.15, 0.2) is 42.5 Å². The van der Waals surface area contributed by atoms with Crippen LogP contribution < -0.4 is 10.5 Å². The molecular formula is C15H12N2OS. The van der Waals surface area contributed by atoms with Gasteiger partial charge >= 0.3 is 0 Å². The van der Waals surface area contributed by atoms with Crippen molar-refractivity contribution in [3.63, 3.8) is 0 Å². The molecule has 3 aromatic rings. The van der Waals surface area contributed by atoms with Crippen molar-refractivity contribution in [2.75, 3.05) is 5.73 Å². The largest absolute Gasteiger partial charge is 0.483 e. The molecule has 0 fully saturated rings. The first-order valence-corrected chi connectivity index (χ1v) is 7.02. The highest BCUT2D eigenvalue weighted by molar-refractivity contribution is 7.18. The number of benzene rings is 2. The van der Waals surface area contributed by atoms with Crippen LogP contribution in [0.3, 0.4) is 0 Å². The van der Waals surface area contributed by atoms with E-state index < -0.39 is 0 Å². The Morgan fingerprint density at radius 1 is 1.21 bits per heavy atom. The summed E-state index contributed by atoms with van der Waals surface area (Å²) in [5.74, 6) is 0.978. The number of fused-ring (bicyclic) bond motifs is 2. The maximum atomic E-state index is 5.97. The molecule has 2 N–H and O–H groups in total. The minimum atomic E-state index is 0.0380. The van der Waals surface area contributed by atoms with Crippen molar-refractivity contribution >= 4 is 27.2 Å². The van der Waals surface area contributed by atoms with E-state index in [1.54, 1.807) is 11.3 Å². The third-order valence-electron chi connectivity index (χ3n) is 3.35. The SMILES string of the molecule is Nc1ccc2nc(C3Cc4ccccc4O3)sc2c1. The van der Waals surface area contributed by atoms with Crippen LogP contribution in [-0.4, -0.2) is 4.98 Å². The van der Waals surface area contributed by atoms with Gasteiger partial charge in [-0.15, -0.1) is 11.3 Å². The number of nitrogens with two attached hydrogens (primary N) is 1. The summed E-state index contributed by atoms with van der Waals surface area (Å²) in [4.78, 5) is 4.66. The van der Waals surface area contributed by atoms with E-state index in [1.165, 1.54) is 5.56 Å². The smallest absolute Gasteiger partial charge is 0.154 e. The summed E-state index contributed by atoms with van der Waals surface area (Å²) < 4.78 is 7.09. The molecule has 0 spiro atoms. The molecule has 0 radical (unpaired) electrons. The Kier molecular flexibility index (Phi) is 2.26. The molecule has 4 heteroatoms. The molecule has 19 heavy (non-hydrogen) atoms. The van der Waals surface area contributed by atoms with Gasteiger partial charge in [0.1, 0.15) is 10.8 Å². The van der Waals surface area contributed by atoms with Crippen LogP contribution in [0.25, 0.3) is 10.2 Å². The topological polar surface area (TPSA) is 48.1 Å². The molecule has 0 saturated carbocycles. The Bertz CT molecular complexity index is 741. The molecule has 1 aromatic heterocycles. The molecule has 94 valence electrons. The Morgan fingerprint density at radius 3 is 3.00 bits per heavy atom. The normalized spacial score (nSPS) is 17.4. The lowest BCUT2D eigenvalue weighted by Crippen LogP contribution is -2.01. The fourth-order valence-electron chi connectivity index (χ4n) is 2.42. The highest BCUT2D eigenvalue weighted by Gasteiger charge is 2.26. The van der Waals surface area contributed by atoms with E-state index in [4.69, 9.17) is 10.5 Å². The van der Waals surface area contributed by atoms with Crippen molar-refractivity contribution in [3.05, 3.63) is 53.0 Å². The number of thiazole rings is 1. The molecular weight excluding hydrogens is 256 g/mol. The van der Waals surface area contributed by atoms with Gasteiger partial charge in [-0.05, 0) is 29.8 Å². The van der Waals surface area contributed by atoms with Crippen LogP contribution >= 0.6 is 11.3 Å². The summed E-state index contributed by atoms with van der Waals surface area (Å²) in [7, 11) is 0. The standard InChI is InChI=1S/C15H12N2OS/c16-10-5-6-11-14(8-10)19-15(17-11)13-7-9-3-1-2-4-12(9)18-13/h1-6,8,13H,7,16H2. The molecule has 1 unspecified atom stereocenters. The predicted octanol–water partition coefficient (Wildman–Crippen LogP) is 3.55. The number of aromatic nitrogens is 1. The fraction of sp³-hybridized carbons (Fsp3) is 0.133. The average molecular weight is 268 g/mol. The van der Waals surface area contributed by atoms with Crippen LogP contribution in [-0.2, 0) is 6.42 Å². The molecule has 0 amide bonds. The first-order chi connectivity index (χ1) is 9.29. The third kappa shape index (κ3) is 1.76. The van der Waals surface area contributed by atoms with E-state index in [0.717, 1.165) is 33.1 Å². The van der Waals surface area contributed by atoms with Gasteiger partial charge in [0, 0.05) is 12.1 Å². The van der Waals surface area contributed by atoms with Crippen LogP contribution in [0, 0.1) is 0 Å². The van der Waals surface area contributed by atoms with E-state index in [9.17, 15) is 0 Å². The van der Waals surface area contributed by atoms with Gasteiger partial charge in [0.25, 0.3) is 0 Å². The van der Waals surface area contributed by atoms with Crippen molar-refractivity contribution in [3.8, 4) is 5.75 Å². The average Bonchev–Trinajstić information content (AvgIpc) is 3.00. The van der Waals surface area contributed by atoms with Crippen molar-refractivity contribution in [2.24, 2.45) is 0 Å². The van der Waals surface area contributed by atoms with Gasteiger partial charge in [-0.25, -0.2) is 4.98 Å². The Balaban J connectivity index is 1.73. The van der Waals surface area contributed by atoms with E-state index >= 15 is 0 Å². The molecule has 1 aliphatic heterocycles. The summed E-state index contributed by atoms with van der Waals surface area (Å²) >= 11 is 1.66. The number of ether oxygens (including phenoxy) is 1. The summed E-state index contributed by atoms with van der Waals surface area (Å²) in [5.41, 5.74) is 8.83. The van der Waals surface area contributed by atoms with Gasteiger partial charge in [-0.3, -0.25) is 0 Å². The fourth-order valence-corrected chi connectivity index (χ4v) is 3.46. The number of hydrogen-bond donors (Lipinski definition) is 1. The molecule has 1 aliphatic rings. The van der Waals surface area contributed by atoms with Gasteiger partial charge in [0.15, 0.2) is 6.10 Å². The van der Waals surface area contributed by atoms with Gasteiger partial charge in [0.05, 0.1) is 10.2 Å². The highest BCUT2D eigenvalue weighted by atomic mass is 32.1. The van der Waals surface area contributed by atoms with Gasteiger partial charge in [-0.2, -0.15) is 0 Å². The minimum absolute atomic E-state index is 0.0380. The van der Waals surface area contributed by atoms with E-state index in [1.807, 2.05) is 36.4 Å². The van der Waals surface area contributed by atoms with Gasteiger partial charge in [-0.1, -0.05) is 18.2 Å². The monoisotopic (exact) mass is 268 g/mol. The van der Waals surface area contributed by atoms with Gasteiger partial charge < -0.3 is 10.5 Å². The second-order valence-electron chi connectivity index (χ2n) is 4.70. The van der Waals surface area contributed by atoms with Crippen molar-refractivity contribution < 1.29 is 4.74 Å². The molecule has 0 aliphatic carbocycles. The lowest BCUT2D eigenvalue weighted by Gasteiger charge is -2.05. The number of rotatable bonds is 1. The zero-order chi connectivity index (χ0) is 12.8. The summed E-state index contributed by atoms with van der Waals surface area (Å²) in [5, 5.41) is 1.02. The number of nitrogen functional groups attached to an aromatic ring is 1. The third-order valence-corrected chi connectivity index (χ3v) is 4.46. The van der Waals surface area contributed by atoms with Crippen LogP contribution in [0.5, 0.6) is 5.75 Å². The van der Waals surface area contributed by atoms with Crippen LogP contribution in [0.1, 0.15) is 16.7 Å². The molecule has 2 aromatic carbocycles. The summed E-state index contributed by atoms with van der Waals surface area (Å²) in [6.45, 7) is 0. The van der Waals surface area contributed by atoms with Crippen molar-refractivity contribution in [1.29, 1.82) is 0 Å². The molecule has 3 nitrogen and oxygen atoms in total. The molecule has 2 heterocycles. The Hall–Kier alpha value is -2.07. The lowest BCUT2D eigenvalue weighted by atomic mass is 10.1. The molecule has 0 saturated heterocycles. The number of anilines is 1. The first-order valence-electron chi connectivity index (χ1n) is 6.20. The quantitative estimate of drug-likeness (QED) is 0.686. The second-order valence-corrected chi connectivity index (χ2v) is 5.76. The van der Waals surface area contributed by atoms with Crippen LogP contribution in [0.2, 0.25) is 0 Å².